The lowest BCUT2D eigenvalue weighted by molar-refractivity contribution is -0.146. The summed E-state index contributed by atoms with van der Waals surface area (Å²) in [5.74, 6) is 8.72. The SMILES string of the molecule is C#CCOC(C(=O)NOCc1ccc(OCC#CCC)c(OC)c1)c1ccc(Cl)c(Cl)c1. The number of halogens is 2. The van der Waals surface area contributed by atoms with Gasteiger partial charge in [-0.2, -0.15) is 0 Å². The van der Waals surface area contributed by atoms with Crippen molar-refractivity contribution in [1.29, 1.82) is 0 Å². The maximum Gasteiger partial charge on any atom is 0.277 e. The van der Waals surface area contributed by atoms with Crippen molar-refractivity contribution in [2.24, 2.45) is 0 Å². The molecule has 1 unspecified atom stereocenters. The number of benzene rings is 2. The molecular formula is C24H23Cl2NO5. The molecule has 0 saturated heterocycles. The lowest BCUT2D eigenvalue weighted by atomic mass is 10.1. The van der Waals surface area contributed by atoms with Gasteiger partial charge in [0, 0.05) is 6.42 Å². The lowest BCUT2D eigenvalue weighted by Crippen LogP contribution is -2.31. The number of methoxy groups -OCH3 is 1. The van der Waals surface area contributed by atoms with Crippen LogP contribution < -0.4 is 15.0 Å². The molecule has 168 valence electrons. The predicted octanol–water partition coefficient (Wildman–Crippen LogP) is 4.73. The lowest BCUT2D eigenvalue weighted by Gasteiger charge is -2.17. The summed E-state index contributed by atoms with van der Waals surface area (Å²) < 4.78 is 16.4. The molecule has 0 bridgehead atoms. The van der Waals surface area contributed by atoms with Crippen LogP contribution in [0.4, 0.5) is 0 Å². The van der Waals surface area contributed by atoms with Gasteiger partial charge in [0.15, 0.2) is 17.6 Å². The molecule has 8 heteroatoms. The van der Waals surface area contributed by atoms with E-state index in [0.717, 1.165) is 12.0 Å². The number of ether oxygens (including phenoxy) is 3. The van der Waals surface area contributed by atoms with Crippen LogP contribution in [0.1, 0.15) is 30.6 Å². The average Bonchev–Trinajstić information content (AvgIpc) is 2.79. The third kappa shape index (κ3) is 7.67. The first-order chi connectivity index (χ1) is 15.5. The number of terminal acetylenes is 1. The Kier molecular flexibility index (Phi) is 10.7. The van der Waals surface area contributed by atoms with Crippen molar-refractivity contribution in [3.63, 3.8) is 0 Å². The molecule has 0 aromatic heterocycles. The maximum absolute atomic E-state index is 12.6. The Balaban J connectivity index is 1.99. The minimum absolute atomic E-state index is 0.0698. The third-order valence-corrected chi connectivity index (χ3v) is 4.80. The van der Waals surface area contributed by atoms with Crippen molar-refractivity contribution in [1.82, 2.24) is 5.48 Å². The first kappa shape index (κ1) is 25.4. The minimum atomic E-state index is -1.02. The molecule has 0 spiro atoms. The fourth-order valence-electron chi connectivity index (χ4n) is 2.59. The fraction of sp³-hybridized carbons (Fsp3) is 0.292. The van der Waals surface area contributed by atoms with Crippen LogP contribution in [0.15, 0.2) is 36.4 Å². The summed E-state index contributed by atoms with van der Waals surface area (Å²) in [7, 11) is 1.54. The maximum atomic E-state index is 12.6. The number of amides is 1. The molecule has 32 heavy (non-hydrogen) atoms. The van der Waals surface area contributed by atoms with E-state index in [-0.39, 0.29) is 19.8 Å². The zero-order valence-electron chi connectivity index (χ0n) is 17.7. The van der Waals surface area contributed by atoms with Gasteiger partial charge in [-0.15, -0.1) is 12.3 Å². The van der Waals surface area contributed by atoms with Crippen LogP contribution in [0.25, 0.3) is 0 Å². The monoisotopic (exact) mass is 475 g/mol. The van der Waals surface area contributed by atoms with Gasteiger partial charge >= 0.3 is 0 Å². The number of hydroxylamine groups is 1. The van der Waals surface area contributed by atoms with Gasteiger partial charge in [-0.3, -0.25) is 9.63 Å². The van der Waals surface area contributed by atoms with Crippen LogP contribution in [0.2, 0.25) is 10.0 Å². The molecular weight excluding hydrogens is 453 g/mol. The van der Waals surface area contributed by atoms with E-state index < -0.39 is 12.0 Å². The van der Waals surface area contributed by atoms with Gasteiger partial charge in [0.05, 0.1) is 23.8 Å². The standard InChI is InChI=1S/C24H23Cl2NO5/c1-4-6-7-13-30-21-11-8-17(14-22(21)29-3)16-32-27-24(28)23(31-12-5-2)18-9-10-19(25)20(26)15-18/h2,8-11,14-15,23H,4,12-13,16H2,1,3H3,(H,27,28). The molecule has 0 radical (unpaired) electrons. The van der Waals surface area contributed by atoms with E-state index in [9.17, 15) is 4.79 Å². The molecule has 6 nitrogen and oxygen atoms in total. The van der Waals surface area contributed by atoms with Crippen LogP contribution in [0.3, 0.4) is 0 Å². The van der Waals surface area contributed by atoms with Crippen molar-refractivity contribution in [2.75, 3.05) is 20.3 Å². The number of carbonyl (C=O) groups is 1. The van der Waals surface area contributed by atoms with Crippen molar-refractivity contribution in [2.45, 2.75) is 26.1 Å². The Bertz CT molecular complexity index is 1020. The second-order valence-corrected chi connectivity index (χ2v) is 7.12. The first-order valence-electron chi connectivity index (χ1n) is 9.67. The van der Waals surface area contributed by atoms with Gasteiger partial charge in [0.2, 0.25) is 0 Å². The smallest absolute Gasteiger partial charge is 0.277 e. The molecule has 0 aliphatic rings. The Morgan fingerprint density at radius 3 is 2.59 bits per heavy atom. The van der Waals surface area contributed by atoms with Crippen LogP contribution >= 0.6 is 23.2 Å². The van der Waals surface area contributed by atoms with Gasteiger partial charge in [-0.05, 0) is 35.4 Å². The number of carbonyl (C=O) groups excluding carboxylic acids is 1. The van der Waals surface area contributed by atoms with Crippen molar-refractivity contribution < 1.29 is 23.8 Å². The first-order valence-corrected chi connectivity index (χ1v) is 10.4. The van der Waals surface area contributed by atoms with Crippen molar-refractivity contribution in [3.05, 3.63) is 57.6 Å². The molecule has 0 fully saturated rings. The highest BCUT2D eigenvalue weighted by Crippen LogP contribution is 2.29. The number of nitrogens with one attached hydrogen (secondary N) is 1. The summed E-state index contributed by atoms with van der Waals surface area (Å²) in [4.78, 5) is 18.0. The second-order valence-electron chi connectivity index (χ2n) is 6.30. The molecule has 1 amide bonds. The molecule has 2 rings (SSSR count). The second kappa shape index (κ2) is 13.5. The topological polar surface area (TPSA) is 66.0 Å². The normalized spacial score (nSPS) is 11.0. The number of hydrogen-bond acceptors (Lipinski definition) is 5. The van der Waals surface area contributed by atoms with Crippen molar-refractivity contribution in [3.8, 4) is 35.7 Å². The van der Waals surface area contributed by atoms with Gasteiger partial charge in [-0.25, -0.2) is 5.48 Å². The van der Waals surface area contributed by atoms with E-state index in [0.29, 0.717) is 27.1 Å². The fourth-order valence-corrected chi connectivity index (χ4v) is 2.89. The van der Waals surface area contributed by atoms with Crippen LogP contribution in [0, 0.1) is 24.2 Å². The Labute approximate surface area is 198 Å². The highest BCUT2D eigenvalue weighted by Gasteiger charge is 2.22. The minimum Gasteiger partial charge on any atom is -0.493 e. The van der Waals surface area contributed by atoms with Crippen LogP contribution in [0.5, 0.6) is 11.5 Å². The van der Waals surface area contributed by atoms with E-state index >= 15 is 0 Å². The molecule has 1 atom stereocenters. The zero-order chi connectivity index (χ0) is 23.3. The van der Waals surface area contributed by atoms with Crippen molar-refractivity contribution >= 4 is 29.1 Å². The highest BCUT2D eigenvalue weighted by atomic mass is 35.5. The van der Waals surface area contributed by atoms with Crippen LogP contribution in [-0.4, -0.2) is 26.2 Å². The predicted molar refractivity (Wildman–Crippen MR) is 123 cm³/mol. The summed E-state index contributed by atoms with van der Waals surface area (Å²) in [5.41, 5.74) is 3.62. The van der Waals surface area contributed by atoms with Gasteiger partial charge in [0.1, 0.15) is 13.2 Å². The Morgan fingerprint density at radius 1 is 1.09 bits per heavy atom. The van der Waals surface area contributed by atoms with E-state index in [1.165, 1.54) is 7.11 Å². The Hall–Kier alpha value is -2.87. The summed E-state index contributed by atoms with van der Waals surface area (Å²) in [6, 6.07) is 10.0. The van der Waals surface area contributed by atoms with E-state index in [4.69, 9.17) is 48.7 Å². The molecule has 2 aromatic rings. The van der Waals surface area contributed by atoms with Gasteiger partial charge in [-0.1, -0.05) is 54.1 Å². The third-order valence-electron chi connectivity index (χ3n) is 4.06. The van der Waals surface area contributed by atoms with E-state index in [2.05, 4.69) is 23.2 Å². The molecule has 0 saturated carbocycles. The number of rotatable bonds is 10. The highest BCUT2D eigenvalue weighted by molar-refractivity contribution is 6.42. The quantitative estimate of drug-likeness (QED) is 0.397. The van der Waals surface area contributed by atoms with Gasteiger partial charge in [0.25, 0.3) is 5.91 Å². The zero-order valence-corrected chi connectivity index (χ0v) is 19.3. The molecule has 0 aliphatic heterocycles. The largest absolute Gasteiger partial charge is 0.493 e. The van der Waals surface area contributed by atoms with Gasteiger partial charge < -0.3 is 14.2 Å². The van der Waals surface area contributed by atoms with E-state index in [1.54, 1.807) is 36.4 Å². The molecule has 1 N–H and O–H groups in total. The average molecular weight is 476 g/mol. The van der Waals surface area contributed by atoms with Crippen LogP contribution in [-0.2, 0) is 21.0 Å². The van der Waals surface area contributed by atoms with E-state index in [1.807, 2.05) is 6.92 Å². The number of hydrogen-bond donors (Lipinski definition) is 1. The summed E-state index contributed by atoms with van der Waals surface area (Å²) in [6.07, 6.45) is 5.00. The molecule has 0 heterocycles. The summed E-state index contributed by atoms with van der Waals surface area (Å²) in [5, 5.41) is 0.656. The summed E-state index contributed by atoms with van der Waals surface area (Å²) >= 11 is 12.0. The summed E-state index contributed by atoms with van der Waals surface area (Å²) in [6.45, 7) is 2.25. The molecule has 0 aliphatic carbocycles. The Morgan fingerprint density at radius 2 is 1.91 bits per heavy atom. The molecule has 2 aromatic carbocycles.